The van der Waals surface area contributed by atoms with E-state index in [4.69, 9.17) is 17.0 Å². The summed E-state index contributed by atoms with van der Waals surface area (Å²) < 4.78 is 7.55. The van der Waals surface area contributed by atoms with Crippen LogP contribution in [0.15, 0.2) is 30.5 Å². The average Bonchev–Trinajstić information content (AvgIpc) is 3.03. The summed E-state index contributed by atoms with van der Waals surface area (Å²) in [6.45, 7) is 5.87. The highest BCUT2D eigenvalue weighted by Gasteiger charge is 2.39. The maximum atomic E-state index is 5.51. The van der Waals surface area contributed by atoms with E-state index in [-0.39, 0.29) is 12.1 Å². The molecule has 0 aliphatic carbocycles. The Bertz CT molecular complexity index is 728. The van der Waals surface area contributed by atoms with Gasteiger partial charge in [0.05, 0.1) is 24.4 Å². The number of rotatable bonds is 5. The molecule has 0 radical (unpaired) electrons. The predicted molar refractivity (Wildman–Crippen MR) is 99.0 cm³/mol. The van der Waals surface area contributed by atoms with Gasteiger partial charge in [0.2, 0.25) is 0 Å². The molecule has 2 aromatic heterocycles. The molecule has 3 heterocycles. The summed E-state index contributed by atoms with van der Waals surface area (Å²) in [5.41, 5.74) is 4.80. The molecule has 6 heteroatoms. The summed E-state index contributed by atoms with van der Waals surface area (Å²) in [6.07, 6.45) is 1.83. The first kappa shape index (κ1) is 16.9. The van der Waals surface area contributed by atoms with Crippen LogP contribution < -0.4 is 5.32 Å². The summed E-state index contributed by atoms with van der Waals surface area (Å²) in [6, 6.07) is 8.46. The minimum Gasteiger partial charge on any atom is -0.383 e. The smallest absolute Gasteiger partial charge is 0.169 e. The van der Waals surface area contributed by atoms with Crippen LogP contribution in [0.1, 0.15) is 34.7 Å². The van der Waals surface area contributed by atoms with Crippen molar-refractivity contribution in [1.82, 2.24) is 19.8 Å². The molecular weight excluding hydrogens is 320 g/mol. The van der Waals surface area contributed by atoms with Crippen LogP contribution in [0, 0.1) is 13.8 Å². The Hall–Kier alpha value is -1.92. The minimum atomic E-state index is 0.0556. The van der Waals surface area contributed by atoms with Crippen LogP contribution in [0.5, 0.6) is 0 Å². The first-order valence-corrected chi connectivity index (χ1v) is 8.55. The van der Waals surface area contributed by atoms with Crippen molar-refractivity contribution in [3.8, 4) is 0 Å². The molecule has 0 saturated carbocycles. The zero-order chi connectivity index (χ0) is 17.3. The number of nitrogens with zero attached hydrogens (tertiary/aromatic N) is 3. The van der Waals surface area contributed by atoms with Gasteiger partial charge in [-0.05, 0) is 49.8 Å². The van der Waals surface area contributed by atoms with Crippen molar-refractivity contribution in [1.29, 1.82) is 0 Å². The summed E-state index contributed by atoms with van der Waals surface area (Å²) in [5, 5.41) is 4.19. The highest BCUT2D eigenvalue weighted by molar-refractivity contribution is 7.80. The number of hydrogen-bond donors (Lipinski definition) is 1. The van der Waals surface area contributed by atoms with Crippen LogP contribution in [0.4, 0.5) is 0 Å². The zero-order valence-corrected chi connectivity index (χ0v) is 15.4. The lowest BCUT2D eigenvalue weighted by Gasteiger charge is -2.24. The van der Waals surface area contributed by atoms with E-state index in [9.17, 15) is 0 Å². The first-order valence-electron chi connectivity index (χ1n) is 8.14. The SMILES string of the molecule is COCCn1c(C)cc([C@H]2[C@H](c3ccccn3)NC(=S)N2C)c1C. The molecular formula is C18H24N4OS. The van der Waals surface area contributed by atoms with Crippen molar-refractivity contribution in [3.05, 3.63) is 53.1 Å². The molecule has 1 fully saturated rings. The lowest BCUT2D eigenvalue weighted by atomic mass is 9.97. The number of thiocarbonyl (C=S) groups is 1. The third-order valence-electron chi connectivity index (χ3n) is 4.79. The molecule has 0 bridgehead atoms. The molecule has 0 aromatic carbocycles. The van der Waals surface area contributed by atoms with E-state index in [2.05, 4.69) is 45.7 Å². The summed E-state index contributed by atoms with van der Waals surface area (Å²) in [4.78, 5) is 6.67. The van der Waals surface area contributed by atoms with Gasteiger partial charge >= 0.3 is 0 Å². The van der Waals surface area contributed by atoms with Crippen LogP contribution in [-0.4, -0.2) is 40.3 Å². The number of nitrogens with one attached hydrogen (secondary N) is 1. The lowest BCUT2D eigenvalue weighted by molar-refractivity contribution is 0.186. The second kappa shape index (κ2) is 6.91. The molecule has 0 unspecified atom stereocenters. The number of ether oxygens (including phenoxy) is 1. The van der Waals surface area contributed by atoms with E-state index in [1.165, 1.54) is 17.0 Å². The fourth-order valence-corrected chi connectivity index (χ4v) is 3.74. The van der Waals surface area contributed by atoms with Gasteiger partial charge in [0.25, 0.3) is 0 Å². The van der Waals surface area contributed by atoms with Gasteiger partial charge in [0.15, 0.2) is 5.11 Å². The van der Waals surface area contributed by atoms with Crippen LogP contribution in [-0.2, 0) is 11.3 Å². The Balaban J connectivity index is 2.01. The van der Waals surface area contributed by atoms with Crippen LogP contribution >= 0.6 is 12.2 Å². The molecule has 24 heavy (non-hydrogen) atoms. The normalized spacial score (nSPS) is 20.5. The van der Waals surface area contributed by atoms with E-state index < -0.39 is 0 Å². The van der Waals surface area contributed by atoms with Crippen molar-refractivity contribution in [2.75, 3.05) is 20.8 Å². The molecule has 1 N–H and O–H groups in total. The van der Waals surface area contributed by atoms with E-state index in [1.54, 1.807) is 7.11 Å². The molecule has 0 amide bonds. The predicted octanol–water partition coefficient (Wildman–Crippen LogP) is 2.75. The fraction of sp³-hybridized carbons (Fsp3) is 0.444. The Morgan fingerprint density at radius 1 is 1.33 bits per heavy atom. The third-order valence-corrected chi connectivity index (χ3v) is 5.20. The average molecular weight is 344 g/mol. The number of methoxy groups -OCH3 is 1. The van der Waals surface area contributed by atoms with Crippen LogP contribution in [0.25, 0.3) is 0 Å². The minimum absolute atomic E-state index is 0.0556. The Kier molecular flexibility index (Phi) is 4.87. The largest absolute Gasteiger partial charge is 0.383 e. The summed E-state index contributed by atoms with van der Waals surface area (Å²) in [7, 11) is 3.78. The molecule has 3 rings (SSSR count). The van der Waals surface area contributed by atoms with Gasteiger partial charge in [-0.2, -0.15) is 0 Å². The number of aryl methyl sites for hydroxylation is 1. The van der Waals surface area contributed by atoms with Gasteiger partial charge in [-0.15, -0.1) is 0 Å². The van der Waals surface area contributed by atoms with Gasteiger partial charge in [0, 0.05) is 38.3 Å². The zero-order valence-electron chi connectivity index (χ0n) is 14.6. The van der Waals surface area contributed by atoms with Crippen molar-refractivity contribution < 1.29 is 4.74 Å². The van der Waals surface area contributed by atoms with E-state index in [1.807, 2.05) is 25.4 Å². The van der Waals surface area contributed by atoms with Crippen LogP contribution in [0.3, 0.4) is 0 Å². The number of likely N-dealkylation sites (N-methyl/N-ethyl adjacent to an activating group) is 1. The molecule has 128 valence electrons. The van der Waals surface area contributed by atoms with Gasteiger partial charge in [-0.25, -0.2) is 0 Å². The fourth-order valence-electron chi connectivity index (χ4n) is 3.50. The summed E-state index contributed by atoms with van der Waals surface area (Å²) in [5.74, 6) is 0. The third kappa shape index (κ3) is 2.91. The Morgan fingerprint density at radius 2 is 2.12 bits per heavy atom. The van der Waals surface area contributed by atoms with Gasteiger partial charge in [0.1, 0.15) is 0 Å². The van der Waals surface area contributed by atoms with E-state index >= 15 is 0 Å². The van der Waals surface area contributed by atoms with Crippen molar-refractivity contribution in [2.45, 2.75) is 32.5 Å². The second-order valence-corrected chi connectivity index (χ2v) is 6.60. The number of hydrogen-bond acceptors (Lipinski definition) is 3. The van der Waals surface area contributed by atoms with E-state index in [0.717, 1.165) is 17.4 Å². The Labute approximate surface area is 148 Å². The first-order chi connectivity index (χ1) is 11.5. The van der Waals surface area contributed by atoms with Gasteiger partial charge in [-0.1, -0.05) is 6.07 Å². The lowest BCUT2D eigenvalue weighted by Crippen LogP contribution is -2.25. The molecule has 2 aromatic rings. The highest BCUT2D eigenvalue weighted by atomic mass is 32.1. The second-order valence-electron chi connectivity index (χ2n) is 6.21. The molecule has 2 atom stereocenters. The Morgan fingerprint density at radius 3 is 2.79 bits per heavy atom. The number of aromatic nitrogens is 2. The quantitative estimate of drug-likeness (QED) is 0.845. The standard InChI is InChI=1S/C18H24N4OS/c1-12-11-14(13(2)22(12)9-10-23-4)17-16(20-18(24)21(17)3)15-7-5-6-8-19-15/h5-8,11,16-17H,9-10H2,1-4H3,(H,20,24)/t16-,17-/m0/s1. The molecule has 1 aliphatic rings. The molecule has 5 nitrogen and oxygen atoms in total. The van der Waals surface area contributed by atoms with Crippen molar-refractivity contribution in [3.63, 3.8) is 0 Å². The van der Waals surface area contributed by atoms with Crippen LogP contribution in [0.2, 0.25) is 0 Å². The monoisotopic (exact) mass is 344 g/mol. The molecule has 0 spiro atoms. The molecule has 1 saturated heterocycles. The van der Waals surface area contributed by atoms with Crippen molar-refractivity contribution >= 4 is 17.3 Å². The topological polar surface area (TPSA) is 42.3 Å². The maximum Gasteiger partial charge on any atom is 0.169 e. The number of pyridine rings is 1. The van der Waals surface area contributed by atoms with Gasteiger partial charge in [-0.3, -0.25) is 4.98 Å². The highest BCUT2D eigenvalue weighted by Crippen LogP contribution is 2.39. The maximum absolute atomic E-state index is 5.51. The van der Waals surface area contributed by atoms with Gasteiger partial charge < -0.3 is 19.5 Å². The van der Waals surface area contributed by atoms with Crippen molar-refractivity contribution in [2.24, 2.45) is 0 Å². The molecule has 1 aliphatic heterocycles. The van der Waals surface area contributed by atoms with E-state index in [0.29, 0.717) is 6.61 Å². The summed E-state index contributed by atoms with van der Waals surface area (Å²) >= 11 is 5.51.